The highest BCUT2D eigenvalue weighted by Gasteiger charge is 1.98. The van der Waals surface area contributed by atoms with Crippen LogP contribution in [-0.4, -0.2) is 25.3 Å². The van der Waals surface area contributed by atoms with Crippen LogP contribution in [0, 0.1) is 0 Å². The molecule has 0 amide bonds. The van der Waals surface area contributed by atoms with Gasteiger partial charge in [-0.15, -0.1) is 0 Å². The molecule has 0 aromatic carbocycles. The lowest BCUT2D eigenvalue weighted by molar-refractivity contribution is 0.277. The molecule has 2 N–H and O–H groups in total. The van der Waals surface area contributed by atoms with Gasteiger partial charge in [0.05, 0.1) is 24.7 Å². The van der Waals surface area contributed by atoms with Gasteiger partial charge in [-0.25, -0.2) is 9.97 Å². The Hall–Kier alpha value is -1.49. The molecular weight excluding hydrogens is 144 g/mol. The second kappa shape index (κ2) is 2.28. The van der Waals surface area contributed by atoms with E-state index >= 15 is 0 Å². The minimum Gasteiger partial charge on any atom is -0.390 e. The Morgan fingerprint density at radius 2 is 2.36 bits per heavy atom. The number of nitrogens with one attached hydrogen (secondary N) is 1. The van der Waals surface area contributed by atoms with Crippen LogP contribution < -0.4 is 0 Å². The molecule has 2 heterocycles. The molecule has 2 aromatic rings. The maximum absolute atomic E-state index is 8.70. The number of H-pyrrole nitrogens is 1. The van der Waals surface area contributed by atoms with Gasteiger partial charge in [0.2, 0.25) is 0 Å². The summed E-state index contributed by atoms with van der Waals surface area (Å²) in [5, 5.41) is 15.1. The van der Waals surface area contributed by atoms with Crippen molar-refractivity contribution in [3.63, 3.8) is 0 Å². The smallest absolute Gasteiger partial charge is 0.174 e. The molecule has 0 aliphatic rings. The molecule has 0 unspecified atom stereocenters. The highest BCUT2D eigenvalue weighted by Crippen LogP contribution is 2.03. The lowest BCUT2D eigenvalue weighted by Crippen LogP contribution is -1.90. The van der Waals surface area contributed by atoms with Crippen LogP contribution in [0.1, 0.15) is 5.69 Å². The van der Waals surface area contributed by atoms with E-state index in [9.17, 15) is 0 Å². The number of nitrogens with zero attached hydrogens (tertiary/aromatic N) is 3. The molecule has 56 valence electrons. The standard InChI is InChI=1S/C6H6N4O/c11-3-4-1-7-6-5(9-4)2-8-10-6/h1-2,11H,3H2,(H,7,8,10). The van der Waals surface area contributed by atoms with Crippen LogP contribution in [0.25, 0.3) is 11.2 Å². The Labute approximate surface area is 62.1 Å². The molecule has 0 radical (unpaired) electrons. The largest absolute Gasteiger partial charge is 0.390 e. The monoisotopic (exact) mass is 150 g/mol. The van der Waals surface area contributed by atoms with E-state index in [1.807, 2.05) is 0 Å². The first kappa shape index (κ1) is 6.23. The zero-order valence-corrected chi connectivity index (χ0v) is 5.65. The van der Waals surface area contributed by atoms with Crippen molar-refractivity contribution in [2.45, 2.75) is 6.61 Å². The molecule has 0 bridgehead atoms. The normalized spacial score (nSPS) is 10.6. The number of aromatic amines is 1. The van der Waals surface area contributed by atoms with Gasteiger partial charge in [0, 0.05) is 0 Å². The molecule has 2 rings (SSSR count). The number of hydrogen-bond donors (Lipinski definition) is 2. The molecule has 11 heavy (non-hydrogen) atoms. The van der Waals surface area contributed by atoms with Crippen molar-refractivity contribution in [2.75, 3.05) is 0 Å². The van der Waals surface area contributed by atoms with Gasteiger partial charge in [0.1, 0.15) is 5.52 Å². The number of hydrogen-bond acceptors (Lipinski definition) is 4. The highest BCUT2D eigenvalue weighted by atomic mass is 16.3. The second-order valence-corrected chi connectivity index (χ2v) is 2.12. The fraction of sp³-hybridized carbons (Fsp3) is 0.167. The molecule has 0 atom stereocenters. The minimum absolute atomic E-state index is 0.0892. The number of rotatable bonds is 1. The van der Waals surface area contributed by atoms with Crippen LogP contribution in [0.15, 0.2) is 12.4 Å². The summed E-state index contributed by atoms with van der Waals surface area (Å²) >= 11 is 0. The molecule has 0 saturated heterocycles. The summed E-state index contributed by atoms with van der Waals surface area (Å²) in [6, 6.07) is 0. The lowest BCUT2D eigenvalue weighted by atomic mass is 10.4. The predicted octanol–water partition coefficient (Wildman–Crippen LogP) is -0.155. The van der Waals surface area contributed by atoms with E-state index in [4.69, 9.17) is 5.11 Å². The third kappa shape index (κ3) is 0.947. The summed E-state index contributed by atoms with van der Waals surface area (Å²) in [4.78, 5) is 8.02. The van der Waals surface area contributed by atoms with Crippen molar-refractivity contribution in [1.82, 2.24) is 20.2 Å². The van der Waals surface area contributed by atoms with E-state index in [0.717, 1.165) is 0 Å². The average molecular weight is 150 g/mol. The third-order valence-electron chi connectivity index (χ3n) is 1.37. The summed E-state index contributed by atoms with van der Waals surface area (Å²) < 4.78 is 0. The van der Waals surface area contributed by atoms with Gasteiger partial charge in [-0.3, -0.25) is 5.10 Å². The zero-order chi connectivity index (χ0) is 7.68. The van der Waals surface area contributed by atoms with Gasteiger partial charge in [0.15, 0.2) is 5.65 Å². The number of aliphatic hydroxyl groups excluding tert-OH is 1. The molecule has 2 aromatic heterocycles. The van der Waals surface area contributed by atoms with Crippen LogP contribution in [0.4, 0.5) is 0 Å². The maximum atomic E-state index is 8.70. The summed E-state index contributed by atoms with van der Waals surface area (Å²) in [7, 11) is 0. The van der Waals surface area contributed by atoms with Crippen LogP contribution in [0.3, 0.4) is 0 Å². The van der Waals surface area contributed by atoms with E-state index in [0.29, 0.717) is 16.9 Å². The lowest BCUT2D eigenvalue weighted by Gasteiger charge is -1.91. The topological polar surface area (TPSA) is 74.7 Å². The number of fused-ring (bicyclic) bond motifs is 1. The summed E-state index contributed by atoms with van der Waals surface area (Å²) in [5.41, 5.74) is 1.87. The molecule has 0 fully saturated rings. The van der Waals surface area contributed by atoms with Crippen LogP contribution in [-0.2, 0) is 6.61 Å². The Balaban J connectivity index is 2.67. The van der Waals surface area contributed by atoms with Crippen LogP contribution >= 0.6 is 0 Å². The van der Waals surface area contributed by atoms with Gasteiger partial charge < -0.3 is 5.11 Å². The number of aliphatic hydroxyl groups is 1. The molecule has 0 aliphatic carbocycles. The van der Waals surface area contributed by atoms with Crippen LogP contribution in [0.5, 0.6) is 0 Å². The van der Waals surface area contributed by atoms with Gasteiger partial charge in [-0.2, -0.15) is 5.10 Å². The quantitative estimate of drug-likeness (QED) is 0.592. The van der Waals surface area contributed by atoms with Gasteiger partial charge >= 0.3 is 0 Å². The third-order valence-corrected chi connectivity index (χ3v) is 1.37. The van der Waals surface area contributed by atoms with E-state index in [2.05, 4.69) is 20.2 Å². The van der Waals surface area contributed by atoms with E-state index in [-0.39, 0.29) is 6.61 Å². The first-order chi connectivity index (χ1) is 5.40. The van der Waals surface area contributed by atoms with Crippen molar-refractivity contribution in [2.24, 2.45) is 0 Å². The van der Waals surface area contributed by atoms with Crippen molar-refractivity contribution in [3.05, 3.63) is 18.1 Å². The van der Waals surface area contributed by atoms with Gasteiger partial charge in [0.25, 0.3) is 0 Å². The molecule has 5 nitrogen and oxygen atoms in total. The molecule has 5 heteroatoms. The SMILES string of the molecule is OCc1cnc2[nH]ncc2n1. The Morgan fingerprint density at radius 3 is 3.18 bits per heavy atom. The maximum Gasteiger partial charge on any atom is 0.174 e. The minimum atomic E-state index is -0.0892. The highest BCUT2D eigenvalue weighted by molar-refractivity contribution is 5.67. The Bertz CT molecular complexity index is 369. The summed E-state index contributed by atoms with van der Waals surface area (Å²) in [6.45, 7) is -0.0892. The molecular formula is C6H6N4O. The van der Waals surface area contributed by atoms with E-state index in [1.54, 1.807) is 6.20 Å². The summed E-state index contributed by atoms with van der Waals surface area (Å²) in [6.07, 6.45) is 3.09. The average Bonchev–Trinajstić information content (AvgIpc) is 2.50. The Kier molecular flexibility index (Phi) is 1.29. The Morgan fingerprint density at radius 1 is 1.45 bits per heavy atom. The van der Waals surface area contributed by atoms with Crippen molar-refractivity contribution < 1.29 is 5.11 Å². The predicted molar refractivity (Wildman–Crippen MR) is 37.6 cm³/mol. The molecule has 0 spiro atoms. The molecule has 0 saturated carbocycles. The van der Waals surface area contributed by atoms with Gasteiger partial charge in [-0.1, -0.05) is 0 Å². The van der Waals surface area contributed by atoms with Gasteiger partial charge in [-0.05, 0) is 0 Å². The van der Waals surface area contributed by atoms with Crippen molar-refractivity contribution in [1.29, 1.82) is 0 Å². The second-order valence-electron chi connectivity index (χ2n) is 2.12. The first-order valence-electron chi connectivity index (χ1n) is 3.16. The van der Waals surface area contributed by atoms with E-state index in [1.165, 1.54) is 6.20 Å². The van der Waals surface area contributed by atoms with Crippen molar-refractivity contribution >= 4 is 11.2 Å². The fourth-order valence-corrected chi connectivity index (χ4v) is 0.849. The molecule has 0 aliphatic heterocycles. The number of aromatic nitrogens is 4. The first-order valence-corrected chi connectivity index (χ1v) is 3.16. The van der Waals surface area contributed by atoms with Crippen molar-refractivity contribution in [3.8, 4) is 0 Å². The summed E-state index contributed by atoms with van der Waals surface area (Å²) in [5.74, 6) is 0. The van der Waals surface area contributed by atoms with E-state index < -0.39 is 0 Å². The fourth-order valence-electron chi connectivity index (χ4n) is 0.849. The zero-order valence-electron chi connectivity index (χ0n) is 5.65. The van der Waals surface area contributed by atoms with Crippen LogP contribution in [0.2, 0.25) is 0 Å².